The molecule has 0 saturated carbocycles. The molecule has 2 heteroatoms. The zero-order valence-electron chi connectivity index (χ0n) is 12.1. The molecule has 0 amide bonds. The fourth-order valence-corrected chi connectivity index (χ4v) is 2.00. The Labute approximate surface area is 103 Å². The van der Waals surface area contributed by atoms with Gasteiger partial charge in [-0.1, -0.05) is 20.8 Å². The first-order chi connectivity index (χ1) is 7.57. The molecule has 16 heavy (non-hydrogen) atoms. The second-order valence-electron chi connectivity index (χ2n) is 5.42. The molecule has 0 fully saturated rings. The fraction of sp³-hybridized carbons (Fsp3) is 1.00. The van der Waals surface area contributed by atoms with Gasteiger partial charge in [0, 0.05) is 6.04 Å². The maximum Gasteiger partial charge on any atom is 0.00663 e. The van der Waals surface area contributed by atoms with Crippen molar-refractivity contribution in [3.05, 3.63) is 0 Å². The highest BCUT2D eigenvalue weighted by molar-refractivity contribution is 4.65. The summed E-state index contributed by atoms with van der Waals surface area (Å²) in [5, 5.41) is 3.45. The van der Waals surface area contributed by atoms with E-state index >= 15 is 0 Å². The first-order valence-corrected chi connectivity index (χ1v) is 6.98. The Morgan fingerprint density at radius 2 is 1.75 bits per heavy atom. The van der Waals surface area contributed by atoms with Crippen LogP contribution in [0.3, 0.4) is 0 Å². The predicted octanol–water partition coefficient (Wildman–Crippen LogP) is 3.13. The molecular weight excluding hydrogens is 196 g/mol. The third-order valence-electron chi connectivity index (χ3n) is 3.11. The zero-order chi connectivity index (χ0) is 12.4. The molecule has 0 radical (unpaired) electrons. The van der Waals surface area contributed by atoms with Crippen molar-refractivity contribution in [2.75, 3.05) is 26.7 Å². The van der Waals surface area contributed by atoms with Crippen LogP contribution < -0.4 is 5.32 Å². The quantitative estimate of drug-likeness (QED) is 0.578. The Morgan fingerprint density at radius 3 is 2.31 bits per heavy atom. The summed E-state index contributed by atoms with van der Waals surface area (Å²) in [6.07, 6.45) is 5.17. The number of hydrogen-bond donors (Lipinski definition) is 1. The molecule has 0 aliphatic rings. The monoisotopic (exact) mass is 228 g/mol. The van der Waals surface area contributed by atoms with Crippen LogP contribution in [0.5, 0.6) is 0 Å². The predicted molar refractivity (Wildman–Crippen MR) is 73.9 cm³/mol. The van der Waals surface area contributed by atoms with Crippen LogP contribution in [0.1, 0.15) is 53.4 Å². The van der Waals surface area contributed by atoms with Gasteiger partial charge in [-0.2, -0.15) is 0 Å². The third-order valence-corrected chi connectivity index (χ3v) is 3.11. The molecule has 0 aromatic heterocycles. The van der Waals surface area contributed by atoms with Gasteiger partial charge in [-0.3, -0.25) is 0 Å². The summed E-state index contributed by atoms with van der Waals surface area (Å²) >= 11 is 0. The van der Waals surface area contributed by atoms with Gasteiger partial charge in [-0.25, -0.2) is 0 Å². The normalized spacial score (nSPS) is 13.7. The van der Waals surface area contributed by atoms with Crippen LogP contribution in [0.2, 0.25) is 0 Å². The summed E-state index contributed by atoms with van der Waals surface area (Å²) in [5.74, 6) is 0.809. The van der Waals surface area contributed by atoms with Crippen molar-refractivity contribution in [1.82, 2.24) is 10.2 Å². The lowest BCUT2D eigenvalue weighted by Gasteiger charge is -2.26. The van der Waals surface area contributed by atoms with Crippen molar-refractivity contribution in [2.45, 2.75) is 59.4 Å². The fourth-order valence-electron chi connectivity index (χ4n) is 2.00. The highest BCUT2D eigenvalue weighted by atomic mass is 15.1. The molecule has 0 aromatic carbocycles. The van der Waals surface area contributed by atoms with E-state index < -0.39 is 0 Å². The molecule has 1 atom stereocenters. The minimum absolute atomic E-state index is 0.726. The van der Waals surface area contributed by atoms with E-state index in [1.54, 1.807) is 0 Å². The minimum atomic E-state index is 0.726. The van der Waals surface area contributed by atoms with Gasteiger partial charge < -0.3 is 10.2 Å². The van der Waals surface area contributed by atoms with Gasteiger partial charge in [-0.05, 0) is 65.2 Å². The first-order valence-electron chi connectivity index (χ1n) is 6.98. The Hall–Kier alpha value is -0.0800. The molecule has 0 saturated heterocycles. The Kier molecular flexibility index (Phi) is 10.0. The highest BCUT2D eigenvalue weighted by Gasteiger charge is 2.09. The highest BCUT2D eigenvalue weighted by Crippen LogP contribution is 2.09. The average Bonchev–Trinajstić information content (AvgIpc) is 2.21. The summed E-state index contributed by atoms with van der Waals surface area (Å²) in [7, 11) is 2.26. The van der Waals surface area contributed by atoms with Gasteiger partial charge in [0.15, 0.2) is 0 Å². The molecule has 0 heterocycles. The van der Waals surface area contributed by atoms with Gasteiger partial charge in [0.25, 0.3) is 0 Å². The van der Waals surface area contributed by atoms with Crippen molar-refractivity contribution in [3.8, 4) is 0 Å². The molecule has 0 rings (SSSR count). The van der Waals surface area contributed by atoms with E-state index in [2.05, 4.69) is 45.0 Å². The molecule has 1 N–H and O–H groups in total. The molecule has 0 aliphatic heterocycles. The lowest BCUT2D eigenvalue weighted by Crippen LogP contribution is -2.31. The molecule has 0 spiro atoms. The molecule has 0 aromatic rings. The van der Waals surface area contributed by atoms with E-state index in [4.69, 9.17) is 0 Å². The molecule has 98 valence electrons. The van der Waals surface area contributed by atoms with Crippen LogP contribution in [0.25, 0.3) is 0 Å². The van der Waals surface area contributed by atoms with E-state index in [9.17, 15) is 0 Å². The van der Waals surface area contributed by atoms with Gasteiger partial charge in [0.2, 0.25) is 0 Å². The molecular formula is C14H32N2. The molecule has 0 aliphatic carbocycles. The van der Waals surface area contributed by atoms with Gasteiger partial charge >= 0.3 is 0 Å². The van der Waals surface area contributed by atoms with Crippen LogP contribution in [0, 0.1) is 5.92 Å². The zero-order valence-corrected chi connectivity index (χ0v) is 12.1. The van der Waals surface area contributed by atoms with Crippen LogP contribution in [0.4, 0.5) is 0 Å². The van der Waals surface area contributed by atoms with E-state index in [1.807, 2.05) is 0 Å². The van der Waals surface area contributed by atoms with Gasteiger partial charge in [0.1, 0.15) is 0 Å². The second kappa shape index (κ2) is 10.1. The van der Waals surface area contributed by atoms with Crippen LogP contribution in [0.15, 0.2) is 0 Å². The SMILES string of the molecule is CCCNCCCCN(C)C(C)CC(C)C. The third kappa shape index (κ3) is 9.17. The van der Waals surface area contributed by atoms with Gasteiger partial charge in [0.05, 0.1) is 0 Å². The summed E-state index contributed by atoms with van der Waals surface area (Å²) < 4.78 is 0. The summed E-state index contributed by atoms with van der Waals surface area (Å²) in [5.41, 5.74) is 0. The van der Waals surface area contributed by atoms with Crippen molar-refractivity contribution < 1.29 is 0 Å². The number of unbranched alkanes of at least 4 members (excludes halogenated alkanes) is 1. The topological polar surface area (TPSA) is 15.3 Å². The van der Waals surface area contributed by atoms with E-state index in [-0.39, 0.29) is 0 Å². The van der Waals surface area contributed by atoms with Crippen LogP contribution >= 0.6 is 0 Å². The van der Waals surface area contributed by atoms with E-state index in [0.29, 0.717) is 0 Å². The first kappa shape index (κ1) is 15.9. The Bertz CT molecular complexity index is 146. The average molecular weight is 228 g/mol. The van der Waals surface area contributed by atoms with Gasteiger partial charge in [-0.15, -0.1) is 0 Å². The Morgan fingerprint density at radius 1 is 1.06 bits per heavy atom. The number of hydrogen-bond acceptors (Lipinski definition) is 2. The number of rotatable bonds is 10. The van der Waals surface area contributed by atoms with E-state index in [0.717, 1.165) is 12.0 Å². The summed E-state index contributed by atoms with van der Waals surface area (Å²) in [4.78, 5) is 2.50. The maximum absolute atomic E-state index is 3.45. The number of nitrogens with one attached hydrogen (secondary N) is 1. The molecule has 2 nitrogen and oxygen atoms in total. The van der Waals surface area contributed by atoms with E-state index in [1.165, 1.54) is 45.3 Å². The van der Waals surface area contributed by atoms with Crippen molar-refractivity contribution in [2.24, 2.45) is 5.92 Å². The van der Waals surface area contributed by atoms with Crippen LogP contribution in [-0.4, -0.2) is 37.6 Å². The lowest BCUT2D eigenvalue weighted by atomic mass is 10.0. The number of nitrogens with zero attached hydrogens (tertiary/aromatic N) is 1. The largest absolute Gasteiger partial charge is 0.317 e. The minimum Gasteiger partial charge on any atom is -0.317 e. The van der Waals surface area contributed by atoms with Crippen molar-refractivity contribution in [1.29, 1.82) is 0 Å². The standard InChI is InChI=1S/C14H32N2/c1-6-9-15-10-7-8-11-16(5)14(4)12-13(2)3/h13-15H,6-12H2,1-5H3. The summed E-state index contributed by atoms with van der Waals surface area (Å²) in [6.45, 7) is 12.8. The van der Waals surface area contributed by atoms with Crippen LogP contribution in [-0.2, 0) is 0 Å². The van der Waals surface area contributed by atoms with Crippen molar-refractivity contribution >= 4 is 0 Å². The lowest BCUT2D eigenvalue weighted by molar-refractivity contribution is 0.224. The maximum atomic E-state index is 3.45. The van der Waals surface area contributed by atoms with Crippen molar-refractivity contribution in [3.63, 3.8) is 0 Å². The second-order valence-corrected chi connectivity index (χ2v) is 5.42. The Balaban J connectivity index is 3.38. The molecule has 1 unspecified atom stereocenters. The smallest absolute Gasteiger partial charge is 0.00663 e. The molecule has 0 bridgehead atoms. The summed E-state index contributed by atoms with van der Waals surface area (Å²) in [6, 6.07) is 0.726.